The van der Waals surface area contributed by atoms with Crippen molar-refractivity contribution >= 4 is 11.8 Å². The zero-order valence-corrected chi connectivity index (χ0v) is 10.5. The normalized spacial score (nSPS) is 24.6. The Labute approximate surface area is 102 Å². The van der Waals surface area contributed by atoms with Gasteiger partial charge in [0, 0.05) is 19.1 Å². The van der Waals surface area contributed by atoms with Crippen LogP contribution >= 0.6 is 0 Å². The maximum atomic E-state index is 12.3. The van der Waals surface area contributed by atoms with Crippen molar-refractivity contribution in [2.24, 2.45) is 5.92 Å². The van der Waals surface area contributed by atoms with Crippen molar-refractivity contribution in [2.75, 3.05) is 19.6 Å². The summed E-state index contributed by atoms with van der Waals surface area (Å²) in [5.74, 6) is 0.592. The second kappa shape index (κ2) is 5.04. The fourth-order valence-corrected chi connectivity index (χ4v) is 2.14. The number of rotatable bonds is 4. The summed E-state index contributed by atoms with van der Waals surface area (Å²) in [5.41, 5.74) is 0. The van der Waals surface area contributed by atoms with E-state index in [1.807, 2.05) is 4.90 Å². The Morgan fingerprint density at radius 2 is 2.18 bits per heavy atom. The fraction of sp³-hybridized carbons (Fsp3) is 0.833. The minimum atomic E-state index is -0.243. The average Bonchev–Trinajstić information content (AvgIpc) is 3.09. The molecule has 2 fully saturated rings. The molecule has 1 atom stereocenters. The molecule has 0 bridgehead atoms. The van der Waals surface area contributed by atoms with Crippen molar-refractivity contribution < 1.29 is 9.59 Å². The molecule has 1 aliphatic carbocycles. The minimum Gasteiger partial charge on any atom is -0.353 e. The van der Waals surface area contributed by atoms with Crippen LogP contribution in [0.4, 0.5) is 0 Å². The van der Waals surface area contributed by atoms with E-state index in [0.29, 0.717) is 18.5 Å². The summed E-state index contributed by atoms with van der Waals surface area (Å²) in [6.07, 6.45) is 2.25. The van der Waals surface area contributed by atoms with Crippen molar-refractivity contribution in [3.05, 3.63) is 0 Å². The van der Waals surface area contributed by atoms with Crippen molar-refractivity contribution in [1.29, 1.82) is 0 Å². The number of carbonyl (C=O) groups excluding carboxylic acids is 2. The van der Waals surface area contributed by atoms with Crippen LogP contribution in [0.5, 0.6) is 0 Å². The molecule has 0 aromatic carbocycles. The van der Waals surface area contributed by atoms with Gasteiger partial charge in [-0.2, -0.15) is 0 Å². The van der Waals surface area contributed by atoms with E-state index in [-0.39, 0.29) is 24.4 Å². The molecule has 5 nitrogen and oxygen atoms in total. The first-order valence-corrected chi connectivity index (χ1v) is 6.38. The molecule has 17 heavy (non-hydrogen) atoms. The third-order valence-electron chi connectivity index (χ3n) is 3.14. The summed E-state index contributed by atoms with van der Waals surface area (Å²) in [5, 5.41) is 5.73. The third-order valence-corrected chi connectivity index (χ3v) is 3.14. The summed E-state index contributed by atoms with van der Waals surface area (Å²) in [4.78, 5) is 25.3. The molecule has 2 rings (SSSR count). The van der Waals surface area contributed by atoms with Gasteiger partial charge in [-0.3, -0.25) is 14.9 Å². The Morgan fingerprint density at radius 3 is 2.65 bits per heavy atom. The SMILES string of the molecule is CC(C)CN(C(=O)C1CNC(=O)CN1)C1CC1. The highest BCUT2D eigenvalue weighted by molar-refractivity contribution is 5.87. The largest absolute Gasteiger partial charge is 0.353 e. The van der Waals surface area contributed by atoms with Crippen LogP contribution in [-0.2, 0) is 9.59 Å². The molecule has 96 valence electrons. The highest BCUT2D eigenvalue weighted by Crippen LogP contribution is 2.28. The molecule has 1 unspecified atom stereocenters. The van der Waals surface area contributed by atoms with Gasteiger partial charge in [0.2, 0.25) is 11.8 Å². The lowest BCUT2D eigenvalue weighted by atomic mass is 10.1. The average molecular weight is 239 g/mol. The first-order valence-electron chi connectivity index (χ1n) is 6.38. The molecular formula is C12H21N3O2. The molecular weight excluding hydrogens is 218 g/mol. The van der Waals surface area contributed by atoms with Crippen LogP contribution in [0.15, 0.2) is 0 Å². The number of nitrogens with zero attached hydrogens (tertiary/aromatic N) is 1. The van der Waals surface area contributed by atoms with Crippen LogP contribution in [0, 0.1) is 5.92 Å². The topological polar surface area (TPSA) is 61.4 Å². The fourth-order valence-electron chi connectivity index (χ4n) is 2.14. The van der Waals surface area contributed by atoms with Gasteiger partial charge in [-0.15, -0.1) is 0 Å². The van der Waals surface area contributed by atoms with Gasteiger partial charge in [0.25, 0.3) is 0 Å². The zero-order chi connectivity index (χ0) is 12.4. The monoisotopic (exact) mass is 239 g/mol. The lowest BCUT2D eigenvalue weighted by molar-refractivity contribution is -0.135. The number of amides is 2. The molecule has 2 aliphatic rings. The van der Waals surface area contributed by atoms with Gasteiger partial charge in [0.15, 0.2) is 0 Å². The van der Waals surface area contributed by atoms with E-state index in [9.17, 15) is 9.59 Å². The highest BCUT2D eigenvalue weighted by atomic mass is 16.2. The molecule has 0 spiro atoms. The van der Waals surface area contributed by atoms with Gasteiger partial charge in [-0.25, -0.2) is 0 Å². The maximum absolute atomic E-state index is 12.3. The Morgan fingerprint density at radius 1 is 1.47 bits per heavy atom. The number of piperazine rings is 1. The molecule has 1 aliphatic heterocycles. The van der Waals surface area contributed by atoms with Crippen LogP contribution in [-0.4, -0.2) is 48.4 Å². The Balaban J connectivity index is 1.93. The van der Waals surface area contributed by atoms with E-state index in [4.69, 9.17) is 0 Å². The van der Waals surface area contributed by atoms with Crippen molar-refractivity contribution in [2.45, 2.75) is 38.8 Å². The van der Waals surface area contributed by atoms with Crippen LogP contribution in [0.2, 0.25) is 0 Å². The van der Waals surface area contributed by atoms with E-state index in [1.54, 1.807) is 0 Å². The van der Waals surface area contributed by atoms with Crippen molar-refractivity contribution in [3.63, 3.8) is 0 Å². The lowest BCUT2D eigenvalue weighted by Crippen LogP contribution is -2.59. The van der Waals surface area contributed by atoms with E-state index < -0.39 is 0 Å². The molecule has 1 saturated carbocycles. The van der Waals surface area contributed by atoms with Gasteiger partial charge in [0.1, 0.15) is 6.04 Å². The van der Waals surface area contributed by atoms with Crippen LogP contribution < -0.4 is 10.6 Å². The first kappa shape index (κ1) is 12.4. The molecule has 1 saturated heterocycles. The summed E-state index contributed by atoms with van der Waals surface area (Å²) in [7, 11) is 0. The quantitative estimate of drug-likeness (QED) is 0.709. The summed E-state index contributed by atoms with van der Waals surface area (Å²) < 4.78 is 0. The maximum Gasteiger partial charge on any atom is 0.241 e. The molecule has 5 heteroatoms. The van der Waals surface area contributed by atoms with Gasteiger partial charge in [0.05, 0.1) is 6.54 Å². The van der Waals surface area contributed by atoms with E-state index in [0.717, 1.165) is 19.4 Å². The second-order valence-corrected chi connectivity index (χ2v) is 5.35. The second-order valence-electron chi connectivity index (χ2n) is 5.35. The number of nitrogens with one attached hydrogen (secondary N) is 2. The molecule has 0 aromatic rings. The number of carbonyl (C=O) groups is 2. The summed E-state index contributed by atoms with van der Waals surface area (Å²) >= 11 is 0. The van der Waals surface area contributed by atoms with Crippen molar-refractivity contribution in [3.8, 4) is 0 Å². The standard InChI is InChI=1S/C12H21N3O2/c1-8(2)7-15(9-3-4-9)12(17)10-5-14-11(16)6-13-10/h8-10,13H,3-7H2,1-2H3,(H,14,16). The smallest absolute Gasteiger partial charge is 0.241 e. The minimum absolute atomic E-state index is 0.0316. The summed E-state index contributed by atoms with van der Waals surface area (Å²) in [6.45, 7) is 5.72. The molecule has 2 N–H and O–H groups in total. The van der Waals surface area contributed by atoms with Gasteiger partial charge < -0.3 is 10.2 Å². The highest BCUT2D eigenvalue weighted by Gasteiger charge is 2.36. The first-order chi connectivity index (χ1) is 8.08. The number of hydrogen-bond donors (Lipinski definition) is 2. The van der Waals surface area contributed by atoms with Crippen molar-refractivity contribution in [1.82, 2.24) is 15.5 Å². The number of hydrogen-bond acceptors (Lipinski definition) is 3. The van der Waals surface area contributed by atoms with Gasteiger partial charge >= 0.3 is 0 Å². The molecule has 0 radical (unpaired) electrons. The Kier molecular flexibility index (Phi) is 3.66. The predicted molar refractivity (Wildman–Crippen MR) is 64.4 cm³/mol. The van der Waals surface area contributed by atoms with Crippen LogP contribution in [0.1, 0.15) is 26.7 Å². The van der Waals surface area contributed by atoms with E-state index in [2.05, 4.69) is 24.5 Å². The molecule has 1 heterocycles. The Bertz CT molecular complexity index is 303. The molecule has 2 amide bonds. The predicted octanol–water partition coefficient (Wildman–Crippen LogP) is -0.279. The Hall–Kier alpha value is -1.10. The third kappa shape index (κ3) is 3.19. The van der Waals surface area contributed by atoms with E-state index in [1.165, 1.54) is 0 Å². The van der Waals surface area contributed by atoms with Gasteiger partial charge in [-0.1, -0.05) is 13.8 Å². The van der Waals surface area contributed by atoms with Crippen LogP contribution in [0.3, 0.4) is 0 Å². The zero-order valence-electron chi connectivity index (χ0n) is 10.5. The van der Waals surface area contributed by atoms with Crippen LogP contribution in [0.25, 0.3) is 0 Å². The summed E-state index contributed by atoms with van der Waals surface area (Å²) in [6, 6.07) is 0.191. The lowest BCUT2D eigenvalue weighted by Gasteiger charge is -2.31. The van der Waals surface area contributed by atoms with Gasteiger partial charge in [-0.05, 0) is 18.8 Å². The van der Waals surface area contributed by atoms with E-state index >= 15 is 0 Å². The molecule has 0 aromatic heterocycles.